The molecule has 6 heteroatoms. The number of fused-ring (bicyclic) bond motifs is 1. The highest BCUT2D eigenvalue weighted by molar-refractivity contribution is 8.13. The van der Waals surface area contributed by atoms with Crippen LogP contribution in [0.15, 0.2) is 78.9 Å². The van der Waals surface area contributed by atoms with E-state index in [-0.39, 0.29) is 16.7 Å². The molecule has 1 unspecified atom stereocenters. The smallest absolute Gasteiger partial charge is 0.186 e. The van der Waals surface area contributed by atoms with Gasteiger partial charge < -0.3 is 9.47 Å². The van der Waals surface area contributed by atoms with Crippen LogP contribution in [0.1, 0.15) is 79.7 Å². The van der Waals surface area contributed by atoms with Gasteiger partial charge in [-0.15, -0.1) is 0 Å². The normalized spacial score (nSPS) is 16.6. The highest BCUT2D eigenvalue weighted by Gasteiger charge is 2.29. The number of ether oxygens (including phenoxy) is 2. The summed E-state index contributed by atoms with van der Waals surface area (Å²) >= 11 is 7.57. The number of hydrogen-bond acceptors (Lipinski definition) is 5. The molecule has 2 atom stereocenters. The molecule has 4 nitrogen and oxygen atoms in total. The molecule has 5 rings (SSSR count). The van der Waals surface area contributed by atoms with Crippen molar-refractivity contribution in [2.75, 3.05) is 6.61 Å². The number of carbonyl (C=O) groups excluding carboxylic acids is 1. The van der Waals surface area contributed by atoms with E-state index in [1.54, 1.807) is 6.92 Å². The molecule has 1 aromatic heterocycles. The van der Waals surface area contributed by atoms with Crippen molar-refractivity contribution in [1.82, 2.24) is 4.98 Å². The van der Waals surface area contributed by atoms with E-state index in [0.717, 1.165) is 66.4 Å². The maximum Gasteiger partial charge on any atom is 0.186 e. The van der Waals surface area contributed by atoms with Crippen molar-refractivity contribution in [3.05, 3.63) is 112 Å². The molecular weight excluding hydrogens is 562 g/mol. The Hall–Kier alpha value is -2.96. The van der Waals surface area contributed by atoms with E-state index in [4.69, 9.17) is 26.1 Å². The Morgan fingerprint density at radius 1 is 1.07 bits per heavy atom. The van der Waals surface area contributed by atoms with Crippen LogP contribution in [0.25, 0.3) is 23.1 Å². The Labute approximate surface area is 258 Å². The van der Waals surface area contributed by atoms with Crippen LogP contribution in [0.2, 0.25) is 5.02 Å². The van der Waals surface area contributed by atoms with E-state index in [0.29, 0.717) is 5.02 Å². The van der Waals surface area contributed by atoms with E-state index >= 15 is 0 Å². The number of aromatic nitrogens is 1. The van der Waals surface area contributed by atoms with Gasteiger partial charge in [-0.1, -0.05) is 90.1 Å². The van der Waals surface area contributed by atoms with Crippen LogP contribution in [0, 0.1) is 0 Å². The second kappa shape index (κ2) is 14.0. The number of hydrogen-bond donors (Lipinski definition) is 0. The SMILES string of the molecule is CC(=O)S[C@H](CCc1ccccc1C(C)(C)OC1CCCCO1)c1cccc(C=Cc2ccc3ccc(Cl)cc3n2)c1. The molecule has 1 saturated heterocycles. The van der Waals surface area contributed by atoms with Gasteiger partial charge in [0.15, 0.2) is 11.4 Å². The highest BCUT2D eigenvalue weighted by Crippen LogP contribution is 2.37. The van der Waals surface area contributed by atoms with Crippen molar-refractivity contribution in [3.8, 4) is 0 Å². The van der Waals surface area contributed by atoms with E-state index in [2.05, 4.69) is 74.5 Å². The average Bonchev–Trinajstić information content (AvgIpc) is 2.98. The molecule has 0 saturated carbocycles. The zero-order valence-electron chi connectivity index (χ0n) is 24.5. The summed E-state index contributed by atoms with van der Waals surface area (Å²) in [4.78, 5) is 17.0. The molecule has 1 fully saturated rings. The molecule has 218 valence electrons. The molecule has 42 heavy (non-hydrogen) atoms. The maximum atomic E-state index is 12.3. The molecule has 0 spiro atoms. The third kappa shape index (κ3) is 8.11. The molecule has 1 aliphatic heterocycles. The largest absolute Gasteiger partial charge is 0.353 e. The van der Waals surface area contributed by atoms with Crippen LogP contribution in [-0.4, -0.2) is 23.0 Å². The van der Waals surface area contributed by atoms with Gasteiger partial charge in [-0.2, -0.15) is 0 Å². The number of thioether (sulfide) groups is 1. The first-order valence-corrected chi connectivity index (χ1v) is 15.9. The topological polar surface area (TPSA) is 48.4 Å². The third-order valence-corrected chi connectivity index (χ3v) is 8.98. The summed E-state index contributed by atoms with van der Waals surface area (Å²) in [6.07, 6.45) is 8.74. The first kappa shape index (κ1) is 30.5. The van der Waals surface area contributed by atoms with E-state index in [1.165, 1.54) is 22.9 Å². The summed E-state index contributed by atoms with van der Waals surface area (Å²) in [5.41, 5.74) is 5.88. The summed E-state index contributed by atoms with van der Waals surface area (Å²) < 4.78 is 12.3. The summed E-state index contributed by atoms with van der Waals surface area (Å²) in [5.74, 6) is 0. The van der Waals surface area contributed by atoms with Gasteiger partial charge in [-0.3, -0.25) is 4.79 Å². The zero-order chi connectivity index (χ0) is 29.5. The first-order chi connectivity index (χ1) is 20.3. The van der Waals surface area contributed by atoms with Crippen molar-refractivity contribution in [2.24, 2.45) is 0 Å². The average molecular weight is 600 g/mol. The number of aryl methyl sites for hydroxylation is 1. The van der Waals surface area contributed by atoms with Crippen molar-refractivity contribution < 1.29 is 14.3 Å². The van der Waals surface area contributed by atoms with Gasteiger partial charge in [-0.05, 0) is 92.5 Å². The second-order valence-electron chi connectivity index (χ2n) is 11.3. The standard InChI is InChI=1S/C36H38ClNO3S/c1-25(39)42-34(21-17-27-10-4-5-12-32(27)36(2,3)41-35-13-6-7-22-40-35)29-11-8-9-26(23-29)14-19-31-20-16-28-15-18-30(37)24-33(28)38-31/h4-5,8-12,14-16,18-20,23-24,34-35H,6-7,13,17,21-22H2,1-3H3/t34-,35?/m1/s1. The molecule has 3 aromatic carbocycles. The Morgan fingerprint density at radius 2 is 1.90 bits per heavy atom. The molecule has 0 aliphatic carbocycles. The Balaban J connectivity index is 1.32. The predicted octanol–water partition coefficient (Wildman–Crippen LogP) is 9.79. The summed E-state index contributed by atoms with van der Waals surface area (Å²) in [5, 5.41) is 1.89. The zero-order valence-corrected chi connectivity index (χ0v) is 26.1. The van der Waals surface area contributed by atoms with Gasteiger partial charge in [-0.25, -0.2) is 4.98 Å². The van der Waals surface area contributed by atoms with Crippen molar-refractivity contribution in [3.63, 3.8) is 0 Å². The summed E-state index contributed by atoms with van der Waals surface area (Å²) in [7, 11) is 0. The van der Waals surface area contributed by atoms with Crippen molar-refractivity contribution in [1.29, 1.82) is 0 Å². The lowest BCUT2D eigenvalue weighted by molar-refractivity contribution is -0.219. The van der Waals surface area contributed by atoms with Crippen LogP contribution in [0.4, 0.5) is 0 Å². The number of nitrogens with zero attached hydrogens (tertiary/aromatic N) is 1. The molecule has 0 radical (unpaired) electrons. The summed E-state index contributed by atoms with van der Waals surface area (Å²) in [6, 6.07) is 26.7. The van der Waals surface area contributed by atoms with Crippen LogP contribution in [0.5, 0.6) is 0 Å². The van der Waals surface area contributed by atoms with Gasteiger partial charge in [0.05, 0.1) is 16.8 Å². The van der Waals surface area contributed by atoms with Gasteiger partial charge in [0.25, 0.3) is 0 Å². The van der Waals surface area contributed by atoms with Gasteiger partial charge >= 0.3 is 0 Å². The highest BCUT2D eigenvalue weighted by atomic mass is 35.5. The first-order valence-electron chi connectivity index (χ1n) is 14.7. The molecule has 0 amide bonds. The van der Waals surface area contributed by atoms with E-state index in [9.17, 15) is 4.79 Å². The Kier molecular flexibility index (Phi) is 10.2. The third-order valence-electron chi connectivity index (χ3n) is 7.62. The lowest BCUT2D eigenvalue weighted by Gasteiger charge is -2.34. The quantitative estimate of drug-likeness (QED) is 0.181. The lowest BCUT2D eigenvalue weighted by Crippen LogP contribution is -2.33. The van der Waals surface area contributed by atoms with Crippen LogP contribution in [-0.2, 0) is 26.3 Å². The minimum absolute atomic E-state index is 0.0375. The Bertz CT molecular complexity index is 1560. The molecule has 0 N–H and O–H groups in total. The van der Waals surface area contributed by atoms with Crippen LogP contribution >= 0.6 is 23.4 Å². The van der Waals surface area contributed by atoms with Crippen molar-refractivity contribution >= 4 is 51.5 Å². The number of carbonyl (C=O) groups is 1. The number of benzene rings is 3. The maximum absolute atomic E-state index is 12.3. The minimum Gasteiger partial charge on any atom is -0.353 e. The van der Waals surface area contributed by atoms with Crippen LogP contribution in [0.3, 0.4) is 0 Å². The molecule has 1 aliphatic rings. The fourth-order valence-corrected chi connectivity index (χ4v) is 6.63. The fraction of sp³-hybridized carbons (Fsp3) is 0.333. The number of rotatable bonds is 10. The van der Waals surface area contributed by atoms with Crippen LogP contribution < -0.4 is 0 Å². The van der Waals surface area contributed by atoms with Gasteiger partial charge in [0, 0.05) is 29.2 Å². The number of pyridine rings is 1. The second-order valence-corrected chi connectivity index (χ2v) is 13.1. The van der Waals surface area contributed by atoms with E-state index in [1.807, 2.05) is 30.3 Å². The monoisotopic (exact) mass is 599 g/mol. The van der Waals surface area contributed by atoms with Gasteiger partial charge in [0.1, 0.15) is 0 Å². The van der Waals surface area contributed by atoms with Crippen molar-refractivity contribution in [2.45, 2.75) is 70.0 Å². The summed E-state index contributed by atoms with van der Waals surface area (Å²) in [6.45, 7) is 6.66. The minimum atomic E-state index is -0.478. The molecule has 4 aromatic rings. The Morgan fingerprint density at radius 3 is 2.71 bits per heavy atom. The predicted molar refractivity (Wildman–Crippen MR) is 176 cm³/mol. The van der Waals surface area contributed by atoms with Gasteiger partial charge in [0.2, 0.25) is 0 Å². The molecule has 0 bridgehead atoms. The number of halogens is 1. The molecule has 2 heterocycles. The van der Waals surface area contributed by atoms with E-state index < -0.39 is 5.60 Å². The molecular formula is C36H38ClNO3S. The lowest BCUT2D eigenvalue weighted by atomic mass is 9.89. The fourth-order valence-electron chi connectivity index (χ4n) is 5.55.